The third kappa shape index (κ3) is 2.72. The van der Waals surface area contributed by atoms with Gasteiger partial charge in [-0.15, -0.1) is 11.3 Å². The van der Waals surface area contributed by atoms with Crippen LogP contribution in [0.1, 0.15) is 25.2 Å². The van der Waals surface area contributed by atoms with Crippen molar-refractivity contribution in [2.24, 2.45) is 0 Å². The van der Waals surface area contributed by atoms with Crippen LogP contribution in [-0.2, 0) is 4.79 Å². The minimum Gasteiger partial charge on any atom is -0.480 e. The Morgan fingerprint density at radius 1 is 1.38 bits per heavy atom. The molecular weight excluding hydrogens is 348 g/mol. The highest BCUT2D eigenvalue weighted by Crippen LogP contribution is 2.32. The second kappa shape index (κ2) is 6.37. The molecular formula is C17H15ClN2O3S. The van der Waals surface area contributed by atoms with Crippen LogP contribution in [0.4, 0.5) is 0 Å². The summed E-state index contributed by atoms with van der Waals surface area (Å²) in [6.45, 7) is 3.40. The second-order valence-corrected chi connectivity index (χ2v) is 6.73. The quantitative estimate of drug-likeness (QED) is 0.757. The summed E-state index contributed by atoms with van der Waals surface area (Å²) in [5.41, 5.74) is 1.28. The second-order valence-electron chi connectivity index (χ2n) is 5.43. The third-order valence-electron chi connectivity index (χ3n) is 3.95. The molecule has 24 heavy (non-hydrogen) atoms. The van der Waals surface area contributed by atoms with Crippen molar-refractivity contribution in [3.05, 3.63) is 50.8 Å². The highest BCUT2D eigenvalue weighted by molar-refractivity contribution is 7.17. The number of halogens is 1. The number of hydrogen-bond acceptors (Lipinski definition) is 4. The number of benzene rings is 1. The fraction of sp³-hybridized carbons (Fsp3) is 0.235. The van der Waals surface area contributed by atoms with Gasteiger partial charge in [0.2, 0.25) is 0 Å². The number of carboxylic acid groups (broad SMARTS) is 1. The number of carbonyl (C=O) groups is 1. The number of nitrogens with zero attached hydrogens (tertiary/aromatic N) is 2. The fourth-order valence-corrected chi connectivity index (χ4v) is 3.89. The Morgan fingerprint density at radius 3 is 2.62 bits per heavy atom. The molecule has 5 nitrogen and oxygen atoms in total. The van der Waals surface area contributed by atoms with Crippen molar-refractivity contribution in [1.29, 1.82) is 0 Å². The van der Waals surface area contributed by atoms with Gasteiger partial charge in [-0.2, -0.15) is 0 Å². The lowest BCUT2D eigenvalue weighted by Crippen LogP contribution is -2.32. The number of aromatic nitrogens is 2. The summed E-state index contributed by atoms with van der Waals surface area (Å²) in [7, 11) is 0. The van der Waals surface area contributed by atoms with E-state index in [0.29, 0.717) is 27.5 Å². The standard InChI is InChI=1S/C17H15ClN2O3S/c1-3-13(17(22)23)20-9(2)19-15-14(16(20)21)12(8-24-15)10-4-6-11(18)7-5-10/h4-8,13H,3H2,1-2H3,(H,22,23). The van der Waals surface area contributed by atoms with Crippen molar-refractivity contribution in [2.45, 2.75) is 26.3 Å². The van der Waals surface area contributed by atoms with E-state index in [1.54, 1.807) is 26.0 Å². The first kappa shape index (κ1) is 16.7. The third-order valence-corrected chi connectivity index (χ3v) is 5.08. The van der Waals surface area contributed by atoms with Crippen LogP contribution in [0.25, 0.3) is 21.3 Å². The maximum Gasteiger partial charge on any atom is 0.326 e. The Morgan fingerprint density at radius 2 is 2.04 bits per heavy atom. The molecule has 2 heterocycles. The van der Waals surface area contributed by atoms with E-state index in [4.69, 9.17) is 11.6 Å². The van der Waals surface area contributed by atoms with Gasteiger partial charge in [0.15, 0.2) is 0 Å². The zero-order valence-electron chi connectivity index (χ0n) is 13.1. The molecule has 2 aromatic heterocycles. The van der Waals surface area contributed by atoms with Gasteiger partial charge in [0, 0.05) is 16.0 Å². The number of aliphatic carboxylic acids is 1. The van der Waals surface area contributed by atoms with Gasteiger partial charge in [0.25, 0.3) is 5.56 Å². The molecule has 0 amide bonds. The molecule has 0 fully saturated rings. The topological polar surface area (TPSA) is 72.2 Å². The maximum absolute atomic E-state index is 13.0. The van der Waals surface area contributed by atoms with E-state index in [-0.39, 0.29) is 5.56 Å². The maximum atomic E-state index is 13.0. The highest BCUT2D eigenvalue weighted by atomic mass is 35.5. The van der Waals surface area contributed by atoms with E-state index in [2.05, 4.69) is 4.98 Å². The van der Waals surface area contributed by atoms with Crippen molar-refractivity contribution in [3.8, 4) is 11.1 Å². The first-order valence-electron chi connectivity index (χ1n) is 7.43. The van der Waals surface area contributed by atoms with Crippen molar-refractivity contribution in [1.82, 2.24) is 9.55 Å². The molecule has 0 saturated heterocycles. The van der Waals surface area contributed by atoms with Gasteiger partial charge < -0.3 is 5.11 Å². The number of fused-ring (bicyclic) bond motifs is 1. The van der Waals surface area contributed by atoms with Crippen LogP contribution < -0.4 is 5.56 Å². The molecule has 1 atom stereocenters. The van der Waals surface area contributed by atoms with Crippen LogP contribution in [-0.4, -0.2) is 20.6 Å². The van der Waals surface area contributed by atoms with Crippen molar-refractivity contribution in [3.63, 3.8) is 0 Å². The number of hydrogen-bond donors (Lipinski definition) is 1. The van der Waals surface area contributed by atoms with Gasteiger partial charge in [-0.05, 0) is 31.0 Å². The molecule has 124 valence electrons. The van der Waals surface area contributed by atoms with Gasteiger partial charge in [0.05, 0.1) is 5.39 Å². The molecule has 0 saturated carbocycles. The number of aryl methyl sites for hydroxylation is 1. The highest BCUT2D eigenvalue weighted by Gasteiger charge is 2.24. The Balaban J connectivity index is 2.30. The van der Waals surface area contributed by atoms with Crippen molar-refractivity contribution in [2.75, 3.05) is 0 Å². The van der Waals surface area contributed by atoms with Crippen molar-refractivity contribution < 1.29 is 9.90 Å². The molecule has 0 bridgehead atoms. The zero-order valence-corrected chi connectivity index (χ0v) is 14.7. The number of rotatable bonds is 4. The Bertz CT molecular complexity index is 976. The molecule has 0 aliphatic carbocycles. The molecule has 0 spiro atoms. The summed E-state index contributed by atoms with van der Waals surface area (Å²) >= 11 is 7.30. The van der Waals surface area contributed by atoms with Gasteiger partial charge in [0.1, 0.15) is 16.7 Å². The Hall–Kier alpha value is -2.18. The summed E-state index contributed by atoms with van der Waals surface area (Å²) in [6, 6.07) is 6.26. The monoisotopic (exact) mass is 362 g/mol. The van der Waals surface area contributed by atoms with Crippen LogP contribution in [0.5, 0.6) is 0 Å². The lowest BCUT2D eigenvalue weighted by atomic mass is 10.1. The van der Waals surface area contributed by atoms with Crippen molar-refractivity contribution >= 4 is 39.1 Å². The van der Waals surface area contributed by atoms with E-state index >= 15 is 0 Å². The normalized spacial score (nSPS) is 12.5. The summed E-state index contributed by atoms with van der Waals surface area (Å²) < 4.78 is 1.27. The number of carboxylic acids is 1. The predicted molar refractivity (Wildman–Crippen MR) is 96.0 cm³/mol. The molecule has 3 aromatic rings. The summed E-state index contributed by atoms with van der Waals surface area (Å²) in [5, 5.41) is 12.3. The molecule has 0 radical (unpaired) electrons. The average Bonchev–Trinajstić information content (AvgIpc) is 2.95. The molecule has 1 unspecified atom stereocenters. The predicted octanol–water partition coefficient (Wildman–Crippen LogP) is 4.12. The minimum atomic E-state index is -1.04. The lowest BCUT2D eigenvalue weighted by Gasteiger charge is -2.16. The van der Waals surface area contributed by atoms with Gasteiger partial charge >= 0.3 is 5.97 Å². The fourth-order valence-electron chi connectivity index (χ4n) is 2.78. The summed E-state index contributed by atoms with van der Waals surface area (Å²) in [4.78, 5) is 29.6. The first-order chi connectivity index (χ1) is 11.4. The van der Waals surface area contributed by atoms with Gasteiger partial charge in [-0.25, -0.2) is 9.78 Å². The largest absolute Gasteiger partial charge is 0.480 e. The van der Waals surface area contributed by atoms with Crippen LogP contribution in [0.3, 0.4) is 0 Å². The van der Waals surface area contributed by atoms with E-state index in [9.17, 15) is 14.7 Å². The van der Waals surface area contributed by atoms with Crippen LogP contribution in [0, 0.1) is 6.92 Å². The SMILES string of the molecule is CCC(C(=O)O)n1c(C)nc2scc(-c3ccc(Cl)cc3)c2c1=O. The van der Waals surface area contributed by atoms with Gasteiger partial charge in [-0.1, -0.05) is 30.7 Å². The van der Waals surface area contributed by atoms with E-state index in [1.165, 1.54) is 15.9 Å². The van der Waals surface area contributed by atoms with Crippen LogP contribution in [0.15, 0.2) is 34.4 Å². The van der Waals surface area contributed by atoms with E-state index < -0.39 is 12.0 Å². The molecule has 1 N–H and O–H groups in total. The van der Waals surface area contributed by atoms with Crippen LogP contribution >= 0.6 is 22.9 Å². The van der Waals surface area contributed by atoms with E-state index in [0.717, 1.165) is 11.1 Å². The molecule has 7 heteroatoms. The molecule has 1 aromatic carbocycles. The molecule has 3 rings (SSSR count). The van der Waals surface area contributed by atoms with Gasteiger partial charge in [-0.3, -0.25) is 9.36 Å². The number of thiophene rings is 1. The summed E-state index contributed by atoms with van der Waals surface area (Å²) in [5.74, 6) is -0.627. The smallest absolute Gasteiger partial charge is 0.326 e. The average molecular weight is 363 g/mol. The minimum absolute atomic E-state index is 0.309. The first-order valence-corrected chi connectivity index (χ1v) is 8.68. The molecule has 0 aliphatic heterocycles. The Labute approximate surface area is 147 Å². The molecule has 0 aliphatic rings. The lowest BCUT2D eigenvalue weighted by molar-refractivity contribution is -0.141. The Kier molecular flexibility index (Phi) is 4.43. The van der Waals surface area contributed by atoms with E-state index in [1.807, 2.05) is 17.5 Å². The zero-order chi connectivity index (χ0) is 17.4. The van der Waals surface area contributed by atoms with Crippen LogP contribution in [0.2, 0.25) is 5.02 Å². The summed E-state index contributed by atoms with van der Waals surface area (Å²) in [6.07, 6.45) is 0.309.